The highest BCUT2D eigenvalue weighted by molar-refractivity contribution is 14.1. The molecule has 0 unspecified atom stereocenters. The summed E-state index contributed by atoms with van der Waals surface area (Å²) < 4.78 is 13.7. The summed E-state index contributed by atoms with van der Waals surface area (Å²) >= 11 is 5.57. The van der Waals surface area contributed by atoms with E-state index in [0.29, 0.717) is 36.0 Å². The van der Waals surface area contributed by atoms with E-state index in [1.165, 1.54) is 6.08 Å². The van der Waals surface area contributed by atoms with E-state index >= 15 is 0 Å². The Balaban J connectivity index is 1.44. The lowest BCUT2D eigenvalue weighted by molar-refractivity contribution is -0.122. The Morgan fingerprint density at radius 3 is 2.48 bits per heavy atom. The molecule has 4 aromatic carbocycles. The van der Waals surface area contributed by atoms with Crippen LogP contribution in [-0.2, 0) is 16.2 Å². The largest absolute Gasteiger partial charge is 0.490 e. The van der Waals surface area contributed by atoms with E-state index in [2.05, 4.69) is 68.1 Å². The zero-order valence-corrected chi connectivity index (χ0v) is 25.4. The number of carbonyl (C=O) groups excluding carboxylic acids is 3. The molecule has 0 saturated carbocycles. The number of hydrogen-bond acceptors (Lipinski definition) is 5. The minimum absolute atomic E-state index is 0.164. The molecule has 5 rings (SSSR count). The Morgan fingerprint density at radius 1 is 0.950 bits per heavy atom. The van der Waals surface area contributed by atoms with Crippen LogP contribution in [0.15, 0.2) is 82.8 Å². The van der Waals surface area contributed by atoms with Crippen molar-refractivity contribution in [1.82, 2.24) is 5.32 Å². The summed E-state index contributed by atoms with van der Waals surface area (Å²) in [5, 5.41) is 4.56. The molecule has 0 spiro atoms. The van der Waals surface area contributed by atoms with E-state index in [9.17, 15) is 14.4 Å². The number of imide groups is 2. The number of nitrogens with zero attached hydrogens (tertiary/aromatic N) is 1. The van der Waals surface area contributed by atoms with Gasteiger partial charge in [-0.3, -0.25) is 14.9 Å². The zero-order valence-electron chi connectivity index (χ0n) is 21.7. The standard InChI is InChI=1S/C31H24BrIN2O5/c1-3-39-27-16-20(15-26(33)28(27)40-17-19-8-9-21-6-4-5-7-22(21)13-19)14-24-29(36)34-31(38)35(30(24)37)23-10-11-25(32)18(2)12-23/h4-16H,3,17H2,1-2H3,(H,34,36,38)/b24-14+. The number of carbonyl (C=O) groups is 3. The summed E-state index contributed by atoms with van der Waals surface area (Å²) in [6.45, 7) is 4.45. The molecule has 9 heteroatoms. The lowest BCUT2D eigenvalue weighted by Crippen LogP contribution is -2.54. The van der Waals surface area contributed by atoms with Gasteiger partial charge in [0.2, 0.25) is 0 Å². The number of anilines is 1. The monoisotopic (exact) mass is 710 g/mol. The molecule has 1 aliphatic heterocycles. The quantitative estimate of drug-likeness (QED) is 0.125. The summed E-state index contributed by atoms with van der Waals surface area (Å²) in [5.41, 5.74) is 2.62. The van der Waals surface area contributed by atoms with E-state index in [1.54, 1.807) is 30.3 Å². The number of urea groups is 1. The predicted octanol–water partition coefficient (Wildman–Crippen LogP) is 7.16. The Labute approximate surface area is 253 Å². The first-order chi connectivity index (χ1) is 19.2. The van der Waals surface area contributed by atoms with Crippen molar-refractivity contribution in [2.75, 3.05) is 11.5 Å². The highest BCUT2D eigenvalue weighted by Gasteiger charge is 2.37. The molecule has 1 heterocycles. The van der Waals surface area contributed by atoms with Gasteiger partial charge in [-0.1, -0.05) is 52.3 Å². The number of hydrogen-bond donors (Lipinski definition) is 1. The molecule has 1 fully saturated rings. The van der Waals surface area contributed by atoms with E-state index in [4.69, 9.17) is 9.47 Å². The second-order valence-corrected chi connectivity index (χ2v) is 11.1. The normalized spacial score (nSPS) is 14.6. The first kappa shape index (κ1) is 27.9. The molecule has 0 atom stereocenters. The first-order valence-corrected chi connectivity index (χ1v) is 14.4. The van der Waals surface area contributed by atoms with Crippen molar-refractivity contribution in [2.24, 2.45) is 0 Å². The van der Waals surface area contributed by atoms with E-state index in [0.717, 1.165) is 34.8 Å². The smallest absolute Gasteiger partial charge is 0.335 e. The maximum absolute atomic E-state index is 13.4. The first-order valence-electron chi connectivity index (χ1n) is 12.5. The van der Waals surface area contributed by atoms with Gasteiger partial charge in [-0.25, -0.2) is 9.69 Å². The number of amides is 4. The van der Waals surface area contributed by atoms with Crippen molar-refractivity contribution in [1.29, 1.82) is 0 Å². The number of fused-ring (bicyclic) bond motifs is 1. The Kier molecular flexibility index (Phi) is 8.22. The molecule has 4 aromatic rings. The fourth-order valence-electron chi connectivity index (χ4n) is 4.38. The van der Waals surface area contributed by atoms with Crippen molar-refractivity contribution in [3.8, 4) is 11.5 Å². The van der Waals surface area contributed by atoms with Crippen molar-refractivity contribution in [3.05, 3.63) is 103 Å². The molecule has 1 N–H and O–H groups in total. The summed E-state index contributed by atoms with van der Waals surface area (Å²) in [5.74, 6) is -0.411. The maximum Gasteiger partial charge on any atom is 0.335 e. The highest BCUT2D eigenvalue weighted by Crippen LogP contribution is 2.36. The summed E-state index contributed by atoms with van der Waals surface area (Å²) in [6.07, 6.45) is 1.46. The lowest BCUT2D eigenvalue weighted by atomic mass is 10.1. The van der Waals surface area contributed by atoms with Crippen LogP contribution in [0.4, 0.5) is 10.5 Å². The number of ether oxygens (including phenoxy) is 2. The molecule has 1 aliphatic rings. The summed E-state index contributed by atoms with van der Waals surface area (Å²) in [6, 6.07) is 22.1. The SMILES string of the molecule is CCOc1cc(/C=C2\C(=O)NC(=O)N(c3ccc(Br)c(C)c3)C2=O)cc(I)c1OCc1ccc2ccccc2c1. The Bertz CT molecular complexity index is 1700. The lowest BCUT2D eigenvalue weighted by Gasteiger charge is -2.26. The van der Waals surface area contributed by atoms with Gasteiger partial charge in [-0.05, 0) is 106 Å². The zero-order chi connectivity index (χ0) is 28.4. The van der Waals surface area contributed by atoms with Crippen LogP contribution in [0.5, 0.6) is 11.5 Å². The number of rotatable bonds is 7. The average Bonchev–Trinajstić information content (AvgIpc) is 2.92. The second kappa shape index (κ2) is 11.8. The third kappa shape index (κ3) is 5.75. The number of barbiturate groups is 1. The Morgan fingerprint density at radius 2 is 1.73 bits per heavy atom. The molecular formula is C31H24BrIN2O5. The number of aryl methyl sites for hydroxylation is 1. The predicted molar refractivity (Wildman–Crippen MR) is 166 cm³/mol. The topological polar surface area (TPSA) is 84.9 Å². The Hall–Kier alpha value is -3.70. The molecule has 4 amide bonds. The number of halogens is 2. The van der Waals surface area contributed by atoms with Gasteiger partial charge >= 0.3 is 6.03 Å². The maximum atomic E-state index is 13.4. The van der Waals surface area contributed by atoms with Crippen LogP contribution in [0.2, 0.25) is 0 Å². The van der Waals surface area contributed by atoms with Gasteiger partial charge in [-0.2, -0.15) is 0 Å². The summed E-state index contributed by atoms with van der Waals surface area (Å²) in [4.78, 5) is 39.7. The van der Waals surface area contributed by atoms with Crippen LogP contribution in [0, 0.1) is 10.5 Å². The van der Waals surface area contributed by atoms with E-state index in [-0.39, 0.29) is 5.57 Å². The van der Waals surface area contributed by atoms with Gasteiger partial charge in [0, 0.05) is 4.47 Å². The van der Waals surface area contributed by atoms with Crippen LogP contribution in [0.3, 0.4) is 0 Å². The van der Waals surface area contributed by atoms with Gasteiger partial charge in [0.15, 0.2) is 11.5 Å². The fraction of sp³-hybridized carbons (Fsp3) is 0.129. The molecule has 1 saturated heterocycles. The average molecular weight is 711 g/mol. The van der Waals surface area contributed by atoms with Crippen molar-refractivity contribution in [3.63, 3.8) is 0 Å². The minimum atomic E-state index is -0.795. The van der Waals surface area contributed by atoms with Crippen LogP contribution in [0.25, 0.3) is 16.8 Å². The number of nitrogens with one attached hydrogen (secondary N) is 1. The second-order valence-electron chi connectivity index (χ2n) is 9.12. The molecule has 202 valence electrons. The molecule has 40 heavy (non-hydrogen) atoms. The van der Waals surface area contributed by atoms with Gasteiger partial charge in [0.1, 0.15) is 12.2 Å². The number of benzene rings is 4. The van der Waals surface area contributed by atoms with Crippen LogP contribution in [-0.4, -0.2) is 24.5 Å². The van der Waals surface area contributed by atoms with Crippen LogP contribution >= 0.6 is 38.5 Å². The van der Waals surface area contributed by atoms with Crippen molar-refractivity contribution >= 4 is 78.9 Å². The molecule has 0 aromatic heterocycles. The van der Waals surface area contributed by atoms with Crippen LogP contribution in [0.1, 0.15) is 23.6 Å². The van der Waals surface area contributed by atoms with E-state index in [1.807, 2.05) is 32.0 Å². The molecule has 7 nitrogen and oxygen atoms in total. The van der Waals surface area contributed by atoms with Gasteiger partial charge < -0.3 is 9.47 Å². The van der Waals surface area contributed by atoms with Gasteiger partial charge in [0.25, 0.3) is 11.8 Å². The third-order valence-corrected chi connectivity index (χ3v) is 8.03. The minimum Gasteiger partial charge on any atom is -0.490 e. The third-order valence-electron chi connectivity index (χ3n) is 6.34. The van der Waals surface area contributed by atoms with Crippen molar-refractivity contribution < 1.29 is 23.9 Å². The molecular weight excluding hydrogens is 687 g/mol. The summed E-state index contributed by atoms with van der Waals surface area (Å²) in [7, 11) is 0. The van der Waals surface area contributed by atoms with Gasteiger partial charge in [0.05, 0.1) is 15.9 Å². The molecule has 0 radical (unpaired) electrons. The van der Waals surface area contributed by atoms with E-state index < -0.39 is 17.8 Å². The van der Waals surface area contributed by atoms with Crippen molar-refractivity contribution in [2.45, 2.75) is 20.5 Å². The highest BCUT2D eigenvalue weighted by atomic mass is 127. The fourth-order valence-corrected chi connectivity index (χ4v) is 5.41. The van der Waals surface area contributed by atoms with Crippen LogP contribution < -0.4 is 19.7 Å². The molecule has 0 aliphatic carbocycles. The van der Waals surface area contributed by atoms with Gasteiger partial charge in [-0.15, -0.1) is 0 Å². The molecule has 0 bridgehead atoms.